The molecule has 2 fully saturated rings. The van der Waals surface area contributed by atoms with Crippen LogP contribution in [-0.2, 0) is 14.3 Å². The van der Waals surface area contributed by atoms with E-state index in [1.165, 1.54) is 4.90 Å². The molecule has 4 atom stereocenters. The third kappa shape index (κ3) is 1.35. The zero-order valence-electron chi connectivity index (χ0n) is 11.7. The number of fused-ring (bicyclic) bond motifs is 6. The Balaban J connectivity index is 1.67. The van der Waals surface area contributed by atoms with E-state index in [4.69, 9.17) is 4.74 Å². The molecule has 2 aromatic rings. The van der Waals surface area contributed by atoms with Gasteiger partial charge in [0.15, 0.2) is 0 Å². The second-order valence-corrected chi connectivity index (χ2v) is 6.01. The van der Waals surface area contributed by atoms with Crippen LogP contribution >= 0.6 is 0 Å². The van der Waals surface area contributed by atoms with Gasteiger partial charge >= 0.3 is 0 Å². The molecule has 3 aliphatic rings. The van der Waals surface area contributed by atoms with Crippen molar-refractivity contribution in [2.45, 2.75) is 12.2 Å². The zero-order valence-corrected chi connectivity index (χ0v) is 11.7. The number of ether oxygens (including phenoxy) is 1. The van der Waals surface area contributed by atoms with Crippen molar-refractivity contribution in [3.05, 3.63) is 54.6 Å². The number of benzene rings is 2. The van der Waals surface area contributed by atoms with Crippen LogP contribution in [0, 0.1) is 11.8 Å². The highest BCUT2D eigenvalue weighted by Gasteiger charge is 2.61. The molecule has 5 rings (SSSR count). The molecule has 0 saturated carbocycles. The van der Waals surface area contributed by atoms with Gasteiger partial charge in [0.2, 0.25) is 11.8 Å². The maximum Gasteiger partial charge on any atom is 0.240 e. The van der Waals surface area contributed by atoms with E-state index >= 15 is 0 Å². The van der Waals surface area contributed by atoms with Crippen LogP contribution in [0.15, 0.2) is 54.6 Å². The Labute approximate surface area is 127 Å². The fourth-order valence-corrected chi connectivity index (χ4v) is 3.94. The minimum absolute atomic E-state index is 0.136. The molecule has 3 heterocycles. The van der Waals surface area contributed by atoms with Gasteiger partial charge in [-0.25, -0.2) is 4.90 Å². The van der Waals surface area contributed by atoms with E-state index in [1.807, 2.05) is 54.6 Å². The number of carbonyl (C=O) groups excluding carboxylic acids is 2. The molecular weight excluding hydrogens is 278 g/mol. The van der Waals surface area contributed by atoms with E-state index in [2.05, 4.69) is 0 Å². The largest absolute Gasteiger partial charge is 0.365 e. The van der Waals surface area contributed by atoms with Crippen LogP contribution in [0.4, 0.5) is 5.69 Å². The summed E-state index contributed by atoms with van der Waals surface area (Å²) in [5.41, 5.74) is 0.682. The lowest BCUT2D eigenvalue weighted by Gasteiger charge is -2.19. The number of rotatable bonds is 1. The summed E-state index contributed by atoms with van der Waals surface area (Å²) < 4.78 is 5.67. The summed E-state index contributed by atoms with van der Waals surface area (Å²) >= 11 is 0. The van der Waals surface area contributed by atoms with E-state index in [1.54, 1.807) is 0 Å². The van der Waals surface area contributed by atoms with E-state index < -0.39 is 0 Å². The van der Waals surface area contributed by atoms with Crippen LogP contribution in [0.3, 0.4) is 0 Å². The van der Waals surface area contributed by atoms with Crippen molar-refractivity contribution in [2.75, 3.05) is 4.90 Å². The number of carbonyl (C=O) groups is 2. The molecule has 2 bridgehead atoms. The summed E-state index contributed by atoms with van der Waals surface area (Å²) in [4.78, 5) is 27.0. The molecule has 0 radical (unpaired) electrons. The molecule has 0 aromatic heterocycles. The fraction of sp³-hybridized carbons (Fsp3) is 0.222. The smallest absolute Gasteiger partial charge is 0.240 e. The molecule has 4 heteroatoms. The first-order chi connectivity index (χ1) is 10.8. The summed E-state index contributed by atoms with van der Waals surface area (Å²) in [7, 11) is 0. The predicted octanol–water partition coefficient (Wildman–Crippen LogP) is 2.28. The van der Waals surface area contributed by atoms with Gasteiger partial charge in [0.25, 0.3) is 0 Å². The standard InChI is InChI=1S/C18H13NO3/c20-17-15-13-8-9-14(22-13)16(15)18(21)19(17)12-7-3-5-10-4-1-2-6-11(10)12/h1-9,13-16H. The first-order valence-electron chi connectivity index (χ1n) is 7.45. The Hall–Kier alpha value is -2.46. The van der Waals surface area contributed by atoms with E-state index in [0.29, 0.717) is 5.69 Å². The molecule has 2 saturated heterocycles. The Morgan fingerprint density at radius 1 is 0.818 bits per heavy atom. The van der Waals surface area contributed by atoms with Crippen molar-refractivity contribution in [3.63, 3.8) is 0 Å². The van der Waals surface area contributed by atoms with Crippen molar-refractivity contribution >= 4 is 28.3 Å². The highest BCUT2D eigenvalue weighted by atomic mass is 16.5. The van der Waals surface area contributed by atoms with Crippen LogP contribution in [0.25, 0.3) is 10.8 Å². The van der Waals surface area contributed by atoms with Gasteiger partial charge in [0.1, 0.15) is 0 Å². The second kappa shape index (κ2) is 4.05. The van der Waals surface area contributed by atoms with Gasteiger partial charge in [0.05, 0.1) is 29.7 Å². The Bertz CT molecular complexity index is 821. The molecular formula is C18H13NO3. The molecule has 3 aliphatic heterocycles. The van der Waals surface area contributed by atoms with Gasteiger partial charge in [-0.1, -0.05) is 48.6 Å². The quantitative estimate of drug-likeness (QED) is 0.598. The van der Waals surface area contributed by atoms with Gasteiger partial charge in [-0.15, -0.1) is 0 Å². The van der Waals surface area contributed by atoms with E-state index in [0.717, 1.165) is 10.8 Å². The lowest BCUT2D eigenvalue weighted by molar-refractivity contribution is -0.124. The highest BCUT2D eigenvalue weighted by Crippen LogP contribution is 2.47. The Kier molecular flexibility index (Phi) is 2.23. The minimum Gasteiger partial charge on any atom is -0.365 e. The van der Waals surface area contributed by atoms with Crippen LogP contribution < -0.4 is 4.90 Å². The van der Waals surface area contributed by atoms with Crippen molar-refractivity contribution in [2.24, 2.45) is 11.8 Å². The van der Waals surface area contributed by atoms with Gasteiger partial charge in [-0.05, 0) is 11.5 Å². The molecule has 2 aromatic carbocycles. The predicted molar refractivity (Wildman–Crippen MR) is 81.2 cm³/mol. The third-order valence-electron chi connectivity index (χ3n) is 4.92. The number of anilines is 1. The molecule has 0 N–H and O–H groups in total. The SMILES string of the molecule is O=C1C2C3C=CC(O3)C2C(=O)N1c1cccc2ccccc12. The summed E-state index contributed by atoms with van der Waals surface area (Å²) in [6.45, 7) is 0. The Morgan fingerprint density at radius 2 is 1.45 bits per heavy atom. The molecule has 22 heavy (non-hydrogen) atoms. The monoisotopic (exact) mass is 291 g/mol. The van der Waals surface area contributed by atoms with Gasteiger partial charge < -0.3 is 4.74 Å². The maximum absolute atomic E-state index is 12.8. The topological polar surface area (TPSA) is 46.6 Å². The lowest BCUT2D eigenvalue weighted by atomic mass is 9.85. The number of amides is 2. The number of nitrogens with zero attached hydrogens (tertiary/aromatic N) is 1. The van der Waals surface area contributed by atoms with Crippen molar-refractivity contribution in [1.82, 2.24) is 0 Å². The van der Waals surface area contributed by atoms with Gasteiger partial charge in [-0.3, -0.25) is 9.59 Å². The first kappa shape index (κ1) is 12.1. The molecule has 0 spiro atoms. The van der Waals surface area contributed by atoms with Crippen molar-refractivity contribution in [3.8, 4) is 0 Å². The summed E-state index contributed by atoms with van der Waals surface area (Å²) in [5, 5.41) is 1.95. The van der Waals surface area contributed by atoms with Crippen LogP contribution in [0.2, 0.25) is 0 Å². The zero-order chi connectivity index (χ0) is 14.8. The van der Waals surface area contributed by atoms with Gasteiger partial charge in [-0.2, -0.15) is 0 Å². The van der Waals surface area contributed by atoms with Gasteiger partial charge in [0, 0.05) is 5.39 Å². The molecule has 2 amide bonds. The summed E-state index contributed by atoms with van der Waals surface area (Å²) in [5.74, 6) is -0.991. The van der Waals surface area contributed by atoms with Crippen molar-refractivity contribution < 1.29 is 14.3 Å². The van der Waals surface area contributed by atoms with Crippen LogP contribution in [-0.4, -0.2) is 24.0 Å². The Morgan fingerprint density at radius 3 is 2.18 bits per heavy atom. The molecule has 4 nitrogen and oxygen atoms in total. The van der Waals surface area contributed by atoms with Crippen LogP contribution in [0.5, 0.6) is 0 Å². The average Bonchev–Trinajstić information content (AvgIpc) is 3.21. The fourth-order valence-electron chi connectivity index (χ4n) is 3.94. The maximum atomic E-state index is 12.8. The summed E-state index contributed by atoms with van der Waals surface area (Å²) in [6, 6.07) is 13.5. The number of hydrogen-bond donors (Lipinski definition) is 0. The van der Waals surface area contributed by atoms with Crippen LogP contribution in [0.1, 0.15) is 0 Å². The third-order valence-corrected chi connectivity index (χ3v) is 4.92. The average molecular weight is 291 g/mol. The van der Waals surface area contributed by atoms with Crippen molar-refractivity contribution in [1.29, 1.82) is 0 Å². The molecule has 4 unspecified atom stereocenters. The first-order valence-corrected chi connectivity index (χ1v) is 7.45. The summed E-state index contributed by atoms with van der Waals surface area (Å²) in [6.07, 6.45) is 3.32. The lowest BCUT2D eigenvalue weighted by Crippen LogP contribution is -2.34. The number of hydrogen-bond acceptors (Lipinski definition) is 3. The second-order valence-electron chi connectivity index (χ2n) is 6.01. The normalized spacial score (nSPS) is 32.3. The highest BCUT2D eigenvalue weighted by molar-refractivity contribution is 6.25. The molecule has 108 valence electrons. The number of imide groups is 1. The minimum atomic E-state index is -0.360. The van der Waals surface area contributed by atoms with E-state index in [9.17, 15) is 9.59 Å². The van der Waals surface area contributed by atoms with E-state index in [-0.39, 0.29) is 35.9 Å². The molecule has 0 aliphatic carbocycles.